The Morgan fingerprint density at radius 1 is 1.38 bits per heavy atom. The van der Waals surface area contributed by atoms with Crippen molar-refractivity contribution >= 4 is 15.9 Å². The molecular weight excluding hydrogens is 336 g/mol. The Kier molecular flexibility index (Phi) is 3.82. The predicted molar refractivity (Wildman–Crippen MR) is 82.4 cm³/mol. The molecule has 110 valence electrons. The first kappa shape index (κ1) is 14.3. The van der Waals surface area contributed by atoms with Gasteiger partial charge < -0.3 is 14.8 Å². The first-order valence-electron chi connectivity index (χ1n) is 6.75. The highest BCUT2D eigenvalue weighted by Gasteiger charge is 2.27. The van der Waals surface area contributed by atoms with Crippen molar-refractivity contribution in [2.24, 2.45) is 0 Å². The minimum atomic E-state index is -0.334. The molecular formula is C15H15BrN2O3. The van der Waals surface area contributed by atoms with Gasteiger partial charge in [0, 0.05) is 10.4 Å². The number of hydrogen-bond donors (Lipinski definition) is 2. The van der Waals surface area contributed by atoms with E-state index in [0.29, 0.717) is 18.0 Å². The zero-order valence-electron chi connectivity index (χ0n) is 11.5. The van der Waals surface area contributed by atoms with Gasteiger partial charge in [0.05, 0.1) is 12.7 Å². The van der Waals surface area contributed by atoms with Crippen LogP contribution in [0, 0.1) is 0 Å². The largest absolute Gasteiger partial charge is 0.493 e. The van der Waals surface area contributed by atoms with E-state index in [9.17, 15) is 9.90 Å². The fraction of sp³-hybridized carbons (Fsp3) is 0.333. The van der Waals surface area contributed by atoms with Crippen molar-refractivity contribution in [2.45, 2.75) is 25.4 Å². The maximum Gasteiger partial charge on any atom is 0.262 e. The third kappa shape index (κ3) is 2.87. The lowest BCUT2D eigenvalue weighted by molar-refractivity contribution is 0.123. The summed E-state index contributed by atoms with van der Waals surface area (Å²) in [6.45, 7) is 2.50. The molecule has 1 saturated heterocycles. The van der Waals surface area contributed by atoms with Crippen LogP contribution in [0.2, 0.25) is 0 Å². The van der Waals surface area contributed by atoms with Crippen LogP contribution >= 0.6 is 15.9 Å². The van der Waals surface area contributed by atoms with Crippen LogP contribution in [0.15, 0.2) is 33.5 Å². The number of benzene rings is 1. The number of rotatable bonds is 2. The topological polar surface area (TPSA) is 75.2 Å². The van der Waals surface area contributed by atoms with Crippen LogP contribution in [0.1, 0.15) is 25.1 Å². The van der Waals surface area contributed by atoms with Gasteiger partial charge in [-0.3, -0.25) is 4.79 Å². The van der Waals surface area contributed by atoms with Crippen molar-refractivity contribution in [3.63, 3.8) is 0 Å². The third-order valence-corrected chi connectivity index (χ3v) is 4.17. The van der Waals surface area contributed by atoms with E-state index >= 15 is 0 Å². The van der Waals surface area contributed by atoms with Crippen LogP contribution in [0.4, 0.5) is 0 Å². The van der Waals surface area contributed by atoms with Gasteiger partial charge in [0.25, 0.3) is 5.56 Å². The molecule has 6 heteroatoms. The second kappa shape index (κ2) is 5.61. The van der Waals surface area contributed by atoms with Gasteiger partial charge in [-0.15, -0.1) is 0 Å². The Balaban J connectivity index is 2.00. The molecule has 1 aromatic heterocycles. The highest BCUT2D eigenvalue weighted by Crippen LogP contribution is 2.30. The van der Waals surface area contributed by atoms with E-state index in [1.54, 1.807) is 12.1 Å². The number of ether oxygens (including phenoxy) is 1. The average molecular weight is 351 g/mol. The van der Waals surface area contributed by atoms with Gasteiger partial charge in [-0.1, -0.05) is 28.1 Å². The van der Waals surface area contributed by atoms with E-state index in [-0.39, 0.29) is 29.0 Å². The Labute approximate surface area is 130 Å². The van der Waals surface area contributed by atoms with E-state index in [0.717, 1.165) is 10.9 Å². The van der Waals surface area contributed by atoms with E-state index in [4.69, 9.17) is 4.74 Å². The van der Waals surface area contributed by atoms with Gasteiger partial charge in [-0.25, -0.2) is 0 Å². The Bertz CT molecular complexity index is 712. The zero-order chi connectivity index (χ0) is 15.0. The molecule has 2 aromatic rings. The van der Waals surface area contributed by atoms with E-state index in [1.165, 1.54) is 0 Å². The smallest absolute Gasteiger partial charge is 0.262 e. The van der Waals surface area contributed by atoms with Gasteiger partial charge in [0.15, 0.2) is 0 Å². The quantitative estimate of drug-likeness (QED) is 0.873. The summed E-state index contributed by atoms with van der Waals surface area (Å²) in [4.78, 5) is 19.2. The maximum absolute atomic E-state index is 12.3. The SMILES string of the molecule is CC1CC(c2nc(O)c(-c3ccc(Br)cc3)c(=O)[nH]2)CO1. The number of nitrogens with one attached hydrogen (secondary N) is 1. The molecule has 0 saturated carbocycles. The number of aromatic nitrogens is 2. The monoisotopic (exact) mass is 350 g/mol. The zero-order valence-corrected chi connectivity index (χ0v) is 13.1. The molecule has 2 unspecified atom stereocenters. The summed E-state index contributed by atoms with van der Waals surface area (Å²) in [5.74, 6) is 0.274. The van der Waals surface area contributed by atoms with Crippen LogP contribution in [-0.2, 0) is 4.74 Å². The summed E-state index contributed by atoms with van der Waals surface area (Å²) >= 11 is 3.34. The fourth-order valence-electron chi connectivity index (χ4n) is 2.56. The van der Waals surface area contributed by atoms with Crippen molar-refractivity contribution in [3.8, 4) is 17.0 Å². The molecule has 0 bridgehead atoms. The summed E-state index contributed by atoms with van der Waals surface area (Å²) < 4.78 is 6.39. The fourth-order valence-corrected chi connectivity index (χ4v) is 2.82. The standard InChI is InChI=1S/C15H15BrN2O3/c1-8-6-10(7-21-8)13-17-14(19)12(15(20)18-13)9-2-4-11(16)5-3-9/h2-5,8,10H,6-7H2,1H3,(H2,17,18,19,20). The lowest BCUT2D eigenvalue weighted by Gasteiger charge is -2.10. The number of aromatic amines is 1. The highest BCUT2D eigenvalue weighted by molar-refractivity contribution is 9.10. The van der Waals surface area contributed by atoms with Crippen LogP contribution in [-0.4, -0.2) is 27.8 Å². The third-order valence-electron chi connectivity index (χ3n) is 3.64. The van der Waals surface area contributed by atoms with E-state index in [1.807, 2.05) is 19.1 Å². The van der Waals surface area contributed by atoms with Crippen molar-refractivity contribution in [3.05, 3.63) is 44.9 Å². The Hall–Kier alpha value is -1.66. The Morgan fingerprint density at radius 3 is 2.67 bits per heavy atom. The van der Waals surface area contributed by atoms with Crippen LogP contribution in [0.5, 0.6) is 5.88 Å². The van der Waals surface area contributed by atoms with Crippen LogP contribution < -0.4 is 5.56 Å². The molecule has 0 radical (unpaired) electrons. The molecule has 0 amide bonds. The molecule has 2 N–H and O–H groups in total. The summed E-state index contributed by atoms with van der Waals surface area (Å²) in [6.07, 6.45) is 0.939. The second-order valence-electron chi connectivity index (χ2n) is 5.23. The predicted octanol–water partition coefficient (Wildman–Crippen LogP) is 2.80. The summed E-state index contributed by atoms with van der Waals surface area (Å²) in [5, 5.41) is 10.1. The lowest BCUT2D eigenvalue weighted by Crippen LogP contribution is -2.16. The molecule has 0 spiro atoms. The summed E-state index contributed by atoms with van der Waals surface area (Å²) in [5.41, 5.74) is 0.490. The Morgan fingerprint density at radius 2 is 2.10 bits per heavy atom. The molecule has 1 aliphatic rings. The highest BCUT2D eigenvalue weighted by atomic mass is 79.9. The number of nitrogens with zero attached hydrogens (tertiary/aromatic N) is 1. The molecule has 21 heavy (non-hydrogen) atoms. The minimum Gasteiger partial charge on any atom is -0.493 e. The van der Waals surface area contributed by atoms with Gasteiger partial charge in [0.2, 0.25) is 5.88 Å². The summed E-state index contributed by atoms with van der Waals surface area (Å²) in [7, 11) is 0. The molecule has 1 fully saturated rings. The van der Waals surface area contributed by atoms with Crippen molar-refractivity contribution in [1.29, 1.82) is 0 Å². The molecule has 1 aliphatic heterocycles. The van der Waals surface area contributed by atoms with Crippen molar-refractivity contribution in [2.75, 3.05) is 6.61 Å². The first-order valence-corrected chi connectivity index (χ1v) is 7.54. The molecule has 3 rings (SSSR count). The molecule has 0 aliphatic carbocycles. The van der Waals surface area contributed by atoms with Crippen molar-refractivity contribution in [1.82, 2.24) is 9.97 Å². The maximum atomic E-state index is 12.3. The van der Waals surface area contributed by atoms with Gasteiger partial charge in [0.1, 0.15) is 11.4 Å². The van der Waals surface area contributed by atoms with Gasteiger partial charge in [-0.05, 0) is 31.0 Å². The first-order chi connectivity index (χ1) is 10.0. The molecule has 1 aromatic carbocycles. The second-order valence-corrected chi connectivity index (χ2v) is 6.15. The molecule has 2 heterocycles. The van der Waals surface area contributed by atoms with E-state index < -0.39 is 0 Å². The van der Waals surface area contributed by atoms with Crippen molar-refractivity contribution < 1.29 is 9.84 Å². The normalized spacial score (nSPS) is 21.6. The number of H-pyrrole nitrogens is 1. The average Bonchev–Trinajstić information content (AvgIpc) is 2.87. The number of halogens is 1. The van der Waals surface area contributed by atoms with Crippen LogP contribution in [0.25, 0.3) is 11.1 Å². The summed E-state index contributed by atoms with van der Waals surface area (Å²) in [6, 6.07) is 7.15. The molecule has 2 atom stereocenters. The van der Waals surface area contributed by atoms with Gasteiger partial charge in [-0.2, -0.15) is 4.98 Å². The van der Waals surface area contributed by atoms with E-state index in [2.05, 4.69) is 25.9 Å². The van der Waals surface area contributed by atoms with Crippen LogP contribution in [0.3, 0.4) is 0 Å². The molecule has 5 nitrogen and oxygen atoms in total. The number of aromatic hydroxyl groups is 1. The van der Waals surface area contributed by atoms with Gasteiger partial charge >= 0.3 is 0 Å². The lowest BCUT2D eigenvalue weighted by atomic mass is 10.0. The number of hydrogen-bond acceptors (Lipinski definition) is 4. The minimum absolute atomic E-state index is 0.0255.